The molecule has 51 heavy (non-hydrogen) atoms. The zero-order chi connectivity index (χ0) is 37.9. The number of unbranched alkanes of at least 4 members (excludes halogenated alkanes) is 21. The largest absolute Gasteiger partial charge is 0.472 e. The van der Waals surface area contributed by atoms with Crippen molar-refractivity contribution >= 4 is 13.7 Å². The van der Waals surface area contributed by atoms with E-state index in [9.17, 15) is 19.4 Å². The molecule has 3 unspecified atom stereocenters. The predicted molar refractivity (Wildman–Crippen MR) is 217 cm³/mol. The Morgan fingerprint density at radius 2 is 1.12 bits per heavy atom. The van der Waals surface area contributed by atoms with Crippen LogP contribution in [0, 0.1) is 0 Å². The van der Waals surface area contributed by atoms with Crippen LogP contribution in [0.5, 0.6) is 0 Å². The van der Waals surface area contributed by atoms with Gasteiger partial charge in [-0.25, -0.2) is 4.57 Å². The van der Waals surface area contributed by atoms with Crippen LogP contribution in [-0.4, -0.2) is 73.4 Å². The van der Waals surface area contributed by atoms with Gasteiger partial charge in [0.2, 0.25) is 5.91 Å². The number of aliphatic hydroxyl groups excluding tert-OH is 1. The Kier molecular flexibility index (Phi) is 34.0. The summed E-state index contributed by atoms with van der Waals surface area (Å²) in [5, 5.41) is 13.9. The van der Waals surface area contributed by atoms with Crippen LogP contribution in [-0.2, 0) is 18.4 Å². The summed E-state index contributed by atoms with van der Waals surface area (Å²) in [6.45, 7) is 4.84. The van der Waals surface area contributed by atoms with E-state index in [1.54, 1.807) is 0 Å². The topological polar surface area (TPSA) is 105 Å². The number of amides is 1. The number of likely N-dealkylation sites (N-methyl/N-ethyl adjacent to an activating group) is 1. The average Bonchev–Trinajstić information content (AvgIpc) is 3.07. The van der Waals surface area contributed by atoms with Gasteiger partial charge in [-0.05, 0) is 44.9 Å². The van der Waals surface area contributed by atoms with E-state index < -0.39 is 20.0 Å². The first kappa shape index (κ1) is 50.0. The molecule has 9 heteroatoms. The Morgan fingerprint density at radius 1 is 0.667 bits per heavy atom. The van der Waals surface area contributed by atoms with Crippen LogP contribution in [0.25, 0.3) is 0 Å². The lowest BCUT2D eigenvalue weighted by Gasteiger charge is -2.26. The van der Waals surface area contributed by atoms with Gasteiger partial charge in [0.15, 0.2) is 0 Å². The fraction of sp³-hybridized carbons (Fsp3) is 0.881. The van der Waals surface area contributed by atoms with E-state index >= 15 is 0 Å². The zero-order valence-corrected chi connectivity index (χ0v) is 35.0. The maximum Gasteiger partial charge on any atom is 0.472 e. The lowest BCUT2D eigenvalue weighted by Crippen LogP contribution is -2.46. The Labute approximate surface area is 315 Å². The third-order valence-electron chi connectivity index (χ3n) is 9.45. The van der Waals surface area contributed by atoms with Crippen molar-refractivity contribution in [2.75, 3.05) is 40.9 Å². The van der Waals surface area contributed by atoms with E-state index in [4.69, 9.17) is 9.05 Å². The summed E-state index contributed by atoms with van der Waals surface area (Å²) in [5.41, 5.74) is 0. The van der Waals surface area contributed by atoms with Crippen molar-refractivity contribution in [3.63, 3.8) is 0 Å². The molecule has 302 valence electrons. The normalized spacial score (nSPS) is 14.7. The second-order valence-electron chi connectivity index (χ2n) is 15.7. The summed E-state index contributed by atoms with van der Waals surface area (Å²) in [6, 6.07) is -0.761. The fourth-order valence-electron chi connectivity index (χ4n) is 6.02. The predicted octanol–water partition coefficient (Wildman–Crippen LogP) is 11.4. The summed E-state index contributed by atoms with van der Waals surface area (Å²) in [7, 11) is 1.61. The number of carbonyl (C=O) groups excluding carboxylic acids is 1. The first-order valence-electron chi connectivity index (χ1n) is 21.2. The standard InChI is InChI=1S/C42H83N2O6P/c1-6-8-10-12-14-16-18-20-21-22-23-24-26-28-30-32-34-36-42(46)43-40(39-50-51(47,48)49-38-37-44(3,4)5)41(45)35-33-31-29-27-25-19-17-15-13-11-9-7-2/h14,16,20-21,40-41,45H,6-13,15,17-19,22-39H2,1-5H3,(H-,43,46,47,48)/p+1/b16-14-,21-20-. The molecule has 0 aliphatic carbocycles. The molecular weight excluding hydrogens is 659 g/mol. The number of quaternary nitrogens is 1. The first-order chi connectivity index (χ1) is 24.5. The van der Waals surface area contributed by atoms with Crippen LogP contribution < -0.4 is 5.32 Å². The Bertz CT molecular complexity index is 891. The Balaban J connectivity index is 4.39. The zero-order valence-electron chi connectivity index (χ0n) is 34.1. The van der Waals surface area contributed by atoms with Gasteiger partial charge in [-0.2, -0.15) is 0 Å². The van der Waals surface area contributed by atoms with Crippen LogP contribution in [0.15, 0.2) is 24.3 Å². The maximum absolute atomic E-state index is 12.8. The van der Waals surface area contributed by atoms with Crippen molar-refractivity contribution in [1.82, 2.24) is 5.32 Å². The summed E-state index contributed by atoms with van der Waals surface area (Å²) in [5.74, 6) is -0.154. The smallest absolute Gasteiger partial charge is 0.391 e. The third kappa shape index (κ3) is 37.1. The highest BCUT2D eigenvalue weighted by molar-refractivity contribution is 7.47. The van der Waals surface area contributed by atoms with Crippen molar-refractivity contribution in [3.8, 4) is 0 Å². The number of rotatable bonds is 38. The molecule has 0 spiro atoms. The van der Waals surface area contributed by atoms with Crippen molar-refractivity contribution < 1.29 is 32.9 Å². The number of hydrogen-bond acceptors (Lipinski definition) is 5. The van der Waals surface area contributed by atoms with Gasteiger partial charge in [0, 0.05) is 6.42 Å². The molecule has 1 amide bonds. The van der Waals surface area contributed by atoms with E-state index in [1.807, 2.05) is 21.1 Å². The lowest BCUT2D eigenvalue weighted by atomic mass is 10.0. The molecule has 0 radical (unpaired) electrons. The minimum atomic E-state index is -4.31. The number of hydrogen-bond donors (Lipinski definition) is 3. The molecule has 0 rings (SSSR count). The molecule has 0 fully saturated rings. The SMILES string of the molecule is CCCCC/C=C\C/C=C\CCCCCCCCCC(=O)NC(COP(=O)(O)OCC[N+](C)(C)C)C(O)CCCCCCCCCCCCCC. The first-order valence-corrected chi connectivity index (χ1v) is 22.7. The molecule has 0 aromatic heterocycles. The molecular formula is C42H84N2O6P+. The number of nitrogens with zero attached hydrogens (tertiary/aromatic N) is 1. The molecule has 8 nitrogen and oxygen atoms in total. The molecule has 0 aliphatic rings. The highest BCUT2D eigenvalue weighted by atomic mass is 31.2. The number of phosphoric ester groups is 1. The average molecular weight is 744 g/mol. The van der Waals surface area contributed by atoms with E-state index in [0.29, 0.717) is 23.9 Å². The minimum absolute atomic E-state index is 0.0733. The van der Waals surface area contributed by atoms with Gasteiger partial charge >= 0.3 is 7.82 Å². The summed E-state index contributed by atoms with van der Waals surface area (Å²) in [4.78, 5) is 23.1. The van der Waals surface area contributed by atoms with Gasteiger partial charge in [0.1, 0.15) is 13.2 Å². The van der Waals surface area contributed by atoms with Gasteiger partial charge in [0.25, 0.3) is 0 Å². The number of carbonyl (C=O) groups is 1. The molecule has 0 aliphatic heterocycles. The van der Waals surface area contributed by atoms with E-state index in [1.165, 1.54) is 109 Å². The van der Waals surface area contributed by atoms with E-state index in [0.717, 1.165) is 51.4 Å². The van der Waals surface area contributed by atoms with Crippen molar-refractivity contribution in [2.24, 2.45) is 0 Å². The Hall–Kier alpha value is -1.02. The third-order valence-corrected chi connectivity index (χ3v) is 10.4. The lowest BCUT2D eigenvalue weighted by molar-refractivity contribution is -0.870. The molecule has 0 heterocycles. The van der Waals surface area contributed by atoms with Crippen molar-refractivity contribution in [2.45, 2.75) is 199 Å². The van der Waals surface area contributed by atoms with E-state index in [-0.39, 0.29) is 19.1 Å². The molecule has 3 N–H and O–H groups in total. The summed E-state index contributed by atoms with van der Waals surface area (Å²) >= 11 is 0. The summed E-state index contributed by atoms with van der Waals surface area (Å²) in [6.07, 6.45) is 39.1. The molecule has 0 bridgehead atoms. The Morgan fingerprint density at radius 3 is 1.65 bits per heavy atom. The second-order valence-corrected chi connectivity index (χ2v) is 17.2. The van der Waals surface area contributed by atoms with Crippen LogP contribution in [0.1, 0.15) is 187 Å². The van der Waals surface area contributed by atoms with Crippen LogP contribution >= 0.6 is 7.82 Å². The highest BCUT2D eigenvalue weighted by Gasteiger charge is 2.28. The second kappa shape index (κ2) is 34.7. The number of aliphatic hydroxyl groups is 1. The monoisotopic (exact) mass is 744 g/mol. The van der Waals surface area contributed by atoms with Gasteiger partial charge in [0.05, 0.1) is 39.9 Å². The number of phosphoric acid groups is 1. The van der Waals surface area contributed by atoms with Crippen LogP contribution in [0.3, 0.4) is 0 Å². The molecule has 3 atom stereocenters. The van der Waals surface area contributed by atoms with Gasteiger partial charge in [-0.1, -0.05) is 160 Å². The number of allylic oxidation sites excluding steroid dienone is 4. The minimum Gasteiger partial charge on any atom is -0.391 e. The van der Waals surface area contributed by atoms with Gasteiger partial charge in [-0.3, -0.25) is 13.8 Å². The molecule has 0 aromatic rings. The van der Waals surface area contributed by atoms with Crippen LogP contribution in [0.4, 0.5) is 0 Å². The van der Waals surface area contributed by atoms with Crippen molar-refractivity contribution in [3.05, 3.63) is 24.3 Å². The van der Waals surface area contributed by atoms with Crippen molar-refractivity contribution in [1.29, 1.82) is 0 Å². The quantitative estimate of drug-likeness (QED) is 0.0252. The molecule has 0 saturated heterocycles. The number of nitrogens with one attached hydrogen (secondary N) is 1. The highest BCUT2D eigenvalue weighted by Crippen LogP contribution is 2.43. The van der Waals surface area contributed by atoms with Gasteiger partial charge < -0.3 is 19.8 Å². The summed E-state index contributed by atoms with van der Waals surface area (Å²) < 4.78 is 23.6. The maximum atomic E-state index is 12.8. The van der Waals surface area contributed by atoms with Gasteiger partial charge in [-0.15, -0.1) is 0 Å². The van der Waals surface area contributed by atoms with Crippen LogP contribution in [0.2, 0.25) is 0 Å². The molecule has 0 saturated carbocycles. The molecule has 0 aromatic carbocycles. The fourth-order valence-corrected chi connectivity index (χ4v) is 6.75. The van der Waals surface area contributed by atoms with E-state index in [2.05, 4.69) is 43.5 Å².